The number of sulfonamides is 1. The van der Waals surface area contributed by atoms with Gasteiger partial charge in [0.05, 0.1) is 5.75 Å². The smallest absolute Gasteiger partial charge is 0.212 e. The molecule has 1 N–H and O–H groups in total. The predicted octanol–water partition coefficient (Wildman–Crippen LogP) is 1.72. The quantitative estimate of drug-likeness (QED) is 0.743. The molecule has 0 aromatic rings. The van der Waals surface area contributed by atoms with Crippen LogP contribution in [0.2, 0.25) is 0 Å². The van der Waals surface area contributed by atoms with Crippen molar-refractivity contribution in [1.82, 2.24) is 4.72 Å². The molecule has 1 saturated carbocycles. The first-order chi connectivity index (χ1) is 6.23. The van der Waals surface area contributed by atoms with E-state index in [2.05, 4.69) is 4.72 Å². The Morgan fingerprint density at radius 3 is 2.36 bits per heavy atom. The van der Waals surface area contributed by atoms with Crippen molar-refractivity contribution in [2.45, 2.75) is 44.5 Å². The number of halogens is 1. The minimum absolute atomic E-state index is 0.225. The molecular formula is C9H18ClNO2S. The molecule has 0 aromatic heterocycles. The van der Waals surface area contributed by atoms with Crippen molar-refractivity contribution >= 4 is 21.6 Å². The van der Waals surface area contributed by atoms with E-state index >= 15 is 0 Å². The highest BCUT2D eigenvalue weighted by molar-refractivity contribution is 7.89. The fourth-order valence-electron chi connectivity index (χ4n) is 1.12. The number of nitrogens with one attached hydrogen (secondary N) is 1. The summed E-state index contributed by atoms with van der Waals surface area (Å²) < 4.78 is 25.9. The van der Waals surface area contributed by atoms with Crippen LogP contribution in [-0.2, 0) is 10.0 Å². The molecule has 5 heteroatoms. The molecule has 0 radical (unpaired) electrons. The highest BCUT2D eigenvalue weighted by Crippen LogP contribution is 2.30. The van der Waals surface area contributed by atoms with E-state index in [1.54, 1.807) is 20.8 Å². The van der Waals surface area contributed by atoms with E-state index in [1.165, 1.54) is 0 Å². The fraction of sp³-hybridized carbons (Fsp3) is 1.00. The zero-order chi connectivity index (χ0) is 11.0. The monoisotopic (exact) mass is 239 g/mol. The Hall–Kier alpha value is 0.200. The summed E-state index contributed by atoms with van der Waals surface area (Å²) in [5.41, 5.74) is -0.574. The Morgan fingerprint density at radius 1 is 1.50 bits per heavy atom. The van der Waals surface area contributed by atoms with E-state index in [0.29, 0.717) is 5.92 Å². The first-order valence-electron chi connectivity index (χ1n) is 4.89. The molecule has 3 nitrogen and oxygen atoms in total. The van der Waals surface area contributed by atoms with Gasteiger partial charge in [-0.1, -0.05) is 0 Å². The van der Waals surface area contributed by atoms with Gasteiger partial charge in [0.15, 0.2) is 0 Å². The van der Waals surface area contributed by atoms with Gasteiger partial charge in [0.25, 0.3) is 0 Å². The van der Waals surface area contributed by atoms with Gasteiger partial charge >= 0.3 is 0 Å². The second kappa shape index (κ2) is 3.99. The first kappa shape index (κ1) is 12.3. The van der Waals surface area contributed by atoms with E-state index < -0.39 is 15.6 Å². The average molecular weight is 240 g/mol. The minimum atomic E-state index is -3.16. The molecule has 1 rings (SSSR count). The summed E-state index contributed by atoms with van der Waals surface area (Å²) in [5, 5.41) is -0.225. The van der Waals surface area contributed by atoms with Crippen LogP contribution in [0.4, 0.5) is 0 Å². The van der Waals surface area contributed by atoms with Crippen LogP contribution in [0, 0.1) is 5.92 Å². The van der Waals surface area contributed by atoms with Crippen molar-refractivity contribution in [1.29, 1.82) is 0 Å². The van der Waals surface area contributed by atoms with Gasteiger partial charge in [-0.15, -0.1) is 11.6 Å². The fourth-order valence-corrected chi connectivity index (χ4v) is 3.25. The van der Waals surface area contributed by atoms with Gasteiger partial charge in [-0.05, 0) is 39.5 Å². The Balaban J connectivity index is 2.56. The molecule has 14 heavy (non-hydrogen) atoms. The van der Waals surface area contributed by atoms with Crippen molar-refractivity contribution in [2.75, 3.05) is 5.75 Å². The third-order valence-corrected chi connectivity index (χ3v) is 4.86. The predicted molar refractivity (Wildman–Crippen MR) is 59.0 cm³/mol. The Kier molecular flexibility index (Phi) is 3.49. The van der Waals surface area contributed by atoms with Crippen LogP contribution in [0.5, 0.6) is 0 Å². The molecule has 0 heterocycles. The van der Waals surface area contributed by atoms with Crippen LogP contribution in [0.25, 0.3) is 0 Å². The summed E-state index contributed by atoms with van der Waals surface area (Å²) in [5.74, 6) is 0.619. The molecule has 0 aromatic carbocycles. The third-order valence-electron chi connectivity index (χ3n) is 2.57. The van der Waals surface area contributed by atoms with Crippen molar-refractivity contribution in [3.05, 3.63) is 0 Å². The zero-order valence-corrected chi connectivity index (χ0v) is 10.5. The zero-order valence-electron chi connectivity index (χ0n) is 8.88. The summed E-state index contributed by atoms with van der Waals surface area (Å²) in [7, 11) is -3.16. The van der Waals surface area contributed by atoms with Crippen molar-refractivity contribution in [3.63, 3.8) is 0 Å². The van der Waals surface area contributed by atoms with Gasteiger partial charge in [-0.2, -0.15) is 0 Å². The van der Waals surface area contributed by atoms with Gasteiger partial charge in [0.2, 0.25) is 10.0 Å². The van der Waals surface area contributed by atoms with Crippen molar-refractivity contribution < 1.29 is 8.42 Å². The van der Waals surface area contributed by atoms with Crippen LogP contribution >= 0.6 is 11.6 Å². The largest absolute Gasteiger partial charge is 0.212 e. The van der Waals surface area contributed by atoms with Crippen LogP contribution in [-0.4, -0.2) is 25.1 Å². The van der Waals surface area contributed by atoms with E-state index in [0.717, 1.165) is 12.8 Å². The van der Waals surface area contributed by atoms with Gasteiger partial charge < -0.3 is 0 Å². The maximum atomic E-state index is 11.6. The summed E-state index contributed by atoms with van der Waals surface area (Å²) in [6.07, 6.45) is 2.08. The average Bonchev–Trinajstić information content (AvgIpc) is 2.67. The van der Waals surface area contributed by atoms with Crippen molar-refractivity contribution in [2.24, 2.45) is 5.92 Å². The Bertz CT molecular complexity index is 294. The van der Waals surface area contributed by atoms with Crippen LogP contribution in [0.3, 0.4) is 0 Å². The molecule has 0 amide bonds. The molecular weight excluding hydrogens is 222 g/mol. The van der Waals surface area contributed by atoms with Crippen molar-refractivity contribution in [3.8, 4) is 0 Å². The summed E-state index contributed by atoms with van der Waals surface area (Å²) in [6, 6.07) is 0. The molecule has 0 spiro atoms. The normalized spacial score (nSPS) is 20.9. The molecule has 0 aliphatic heterocycles. The van der Waals surface area contributed by atoms with Crippen LogP contribution in [0.1, 0.15) is 33.6 Å². The summed E-state index contributed by atoms with van der Waals surface area (Å²) >= 11 is 5.90. The molecule has 0 saturated heterocycles. The lowest BCUT2D eigenvalue weighted by Gasteiger charge is -2.28. The van der Waals surface area contributed by atoms with E-state index in [4.69, 9.17) is 11.6 Å². The minimum Gasteiger partial charge on any atom is -0.212 e. The molecule has 1 aliphatic carbocycles. The number of rotatable bonds is 5. The van der Waals surface area contributed by atoms with E-state index in [9.17, 15) is 8.42 Å². The maximum absolute atomic E-state index is 11.6. The third kappa shape index (κ3) is 3.75. The highest BCUT2D eigenvalue weighted by atomic mass is 35.5. The summed E-state index contributed by atoms with van der Waals surface area (Å²) in [6.45, 7) is 5.39. The van der Waals surface area contributed by atoms with Gasteiger partial charge in [-0.3, -0.25) is 0 Å². The summed E-state index contributed by atoms with van der Waals surface area (Å²) in [4.78, 5) is 0. The number of hydrogen-bond acceptors (Lipinski definition) is 2. The molecule has 84 valence electrons. The standard InChI is InChI=1S/C9H18ClNO2S/c1-7(10)9(2,3)11-14(12,13)6-8-4-5-8/h7-8,11H,4-6H2,1-3H3. The second-order valence-electron chi connectivity index (χ2n) is 4.66. The van der Waals surface area contributed by atoms with Gasteiger partial charge in [0.1, 0.15) is 0 Å². The van der Waals surface area contributed by atoms with Gasteiger partial charge in [-0.25, -0.2) is 13.1 Å². The lowest BCUT2D eigenvalue weighted by molar-refractivity contribution is 0.444. The van der Waals surface area contributed by atoms with Crippen LogP contribution < -0.4 is 4.72 Å². The number of alkyl halides is 1. The Labute approximate surface area is 91.3 Å². The SMILES string of the molecule is CC(Cl)C(C)(C)NS(=O)(=O)CC1CC1. The molecule has 1 fully saturated rings. The highest BCUT2D eigenvalue weighted by Gasteiger charge is 2.33. The topological polar surface area (TPSA) is 46.2 Å². The van der Waals surface area contributed by atoms with E-state index in [1.807, 2.05) is 0 Å². The van der Waals surface area contributed by atoms with E-state index in [-0.39, 0.29) is 11.1 Å². The molecule has 1 atom stereocenters. The first-order valence-corrected chi connectivity index (χ1v) is 6.97. The van der Waals surface area contributed by atoms with Crippen LogP contribution in [0.15, 0.2) is 0 Å². The lowest BCUT2D eigenvalue weighted by Crippen LogP contribution is -2.49. The molecule has 1 aliphatic rings. The maximum Gasteiger partial charge on any atom is 0.212 e. The molecule has 1 unspecified atom stereocenters. The molecule has 0 bridgehead atoms. The Morgan fingerprint density at radius 2 is 2.00 bits per heavy atom. The lowest BCUT2D eigenvalue weighted by atomic mass is 10.0. The number of hydrogen-bond donors (Lipinski definition) is 1. The second-order valence-corrected chi connectivity index (χ2v) is 7.09. The van der Waals surface area contributed by atoms with Gasteiger partial charge in [0, 0.05) is 10.9 Å².